The highest BCUT2D eigenvalue weighted by Gasteiger charge is 2.29. The number of carbonyl (C=O) groups is 1. The molecule has 1 aliphatic carbocycles. The maximum Gasteiger partial charge on any atom is 0.323 e. The first-order chi connectivity index (χ1) is 14.8. The number of carbonyl (C=O) groups excluding carboxylic acids is 1. The van der Waals surface area contributed by atoms with Crippen LogP contribution in [0.3, 0.4) is 0 Å². The maximum atomic E-state index is 12.6. The fraction of sp³-hybridized carbons (Fsp3) is 0.391. The molecule has 2 amide bonds. The largest absolute Gasteiger partial charge is 0.324 e. The highest BCUT2D eigenvalue weighted by Crippen LogP contribution is 2.46. The van der Waals surface area contributed by atoms with Gasteiger partial charge in [0.1, 0.15) is 5.82 Å². The Labute approximate surface area is 185 Å². The molecule has 1 aromatic heterocycles. The molecule has 1 aromatic carbocycles. The lowest BCUT2D eigenvalue weighted by Gasteiger charge is -2.32. The Bertz CT molecular complexity index is 1010. The van der Waals surface area contributed by atoms with E-state index in [4.69, 9.17) is 0 Å². The number of benzene rings is 1. The summed E-state index contributed by atoms with van der Waals surface area (Å²) in [5.74, 6) is 0.488. The fourth-order valence-corrected chi connectivity index (χ4v) is 4.60. The van der Waals surface area contributed by atoms with Gasteiger partial charge in [0.15, 0.2) is 0 Å². The monoisotopic (exact) mass is 444 g/mol. The molecule has 31 heavy (non-hydrogen) atoms. The van der Waals surface area contributed by atoms with Crippen LogP contribution in [-0.4, -0.2) is 52.8 Å². The zero-order chi connectivity index (χ0) is 22.0. The molecule has 1 aliphatic heterocycles. The van der Waals surface area contributed by atoms with Gasteiger partial charge < -0.3 is 10.2 Å². The summed E-state index contributed by atoms with van der Waals surface area (Å²) < 4.78 is 24.8. The van der Waals surface area contributed by atoms with Crippen LogP contribution in [0.2, 0.25) is 0 Å². The molecule has 0 radical (unpaired) electrons. The number of halogens is 2. The van der Waals surface area contributed by atoms with Gasteiger partial charge in [0.2, 0.25) is 0 Å². The number of pyridine rings is 1. The zero-order valence-corrected chi connectivity index (χ0v) is 18.2. The number of likely N-dealkylation sites (tertiary alicyclic amines) is 1. The Balaban J connectivity index is 1.37. The van der Waals surface area contributed by atoms with E-state index in [0.29, 0.717) is 31.7 Å². The third-order valence-electron chi connectivity index (χ3n) is 5.60. The van der Waals surface area contributed by atoms with Gasteiger partial charge in [-0.05, 0) is 42.8 Å². The minimum atomic E-state index is -2.36. The number of anilines is 1. The van der Waals surface area contributed by atoms with E-state index in [-0.39, 0.29) is 23.4 Å². The molecule has 0 atom stereocenters. The molecule has 1 saturated heterocycles. The Morgan fingerprint density at radius 2 is 2.03 bits per heavy atom. The van der Waals surface area contributed by atoms with Gasteiger partial charge in [-0.3, -0.25) is 5.32 Å². The van der Waals surface area contributed by atoms with Gasteiger partial charge in [-0.25, -0.2) is 18.6 Å². The van der Waals surface area contributed by atoms with E-state index in [2.05, 4.69) is 47.3 Å². The summed E-state index contributed by atoms with van der Waals surface area (Å²) in [5.41, 5.74) is 1.05. The van der Waals surface area contributed by atoms with Crippen molar-refractivity contribution in [3.8, 4) is 0 Å². The first-order valence-electron chi connectivity index (χ1n) is 10.4. The lowest BCUT2D eigenvalue weighted by Crippen LogP contribution is -2.47. The Hall–Kier alpha value is -2.45. The summed E-state index contributed by atoms with van der Waals surface area (Å²) in [6, 6.07) is 7.78. The van der Waals surface area contributed by atoms with Gasteiger partial charge in [-0.15, -0.1) is 11.8 Å². The summed E-state index contributed by atoms with van der Waals surface area (Å²) in [6.07, 6.45) is 5.00. The molecule has 164 valence electrons. The van der Waals surface area contributed by atoms with E-state index in [0.717, 1.165) is 21.2 Å². The van der Waals surface area contributed by atoms with E-state index in [1.807, 2.05) is 18.2 Å². The van der Waals surface area contributed by atoms with Crippen LogP contribution in [0.4, 0.5) is 19.4 Å². The quantitative estimate of drug-likeness (QED) is 0.582. The summed E-state index contributed by atoms with van der Waals surface area (Å²) in [5, 5.41) is 7.68. The Morgan fingerprint density at radius 3 is 2.71 bits per heavy atom. The highest BCUT2D eigenvalue weighted by atomic mass is 32.2. The maximum absolute atomic E-state index is 12.6. The first kappa shape index (κ1) is 21.8. The van der Waals surface area contributed by atoms with Gasteiger partial charge in [-0.2, -0.15) is 0 Å². The van der Waals surface area contributed by atoms with Crippen molar-refractivity contribution in [3.05, 3.63) is 54.8 Å². The number of amides is 2. The van der Waals surface area contributed by atoms with Crippen LogP contribution in [0.1, 0.15) is 25.3 Å². The number of alkyl halides is 2. The van der Waals surface area contributed by atoms with Gasteiger partial charge in [0.25, 0.3) is 6.43 Å². The van der Waals surface area contributed by atoms with Crippen molar-refractivity contribution in [2.45, 2.75) is 37.0 Å². The molecular formula is C23H26F2N4OS. The number of piperidine rings is 1. The highest BCUT2D eigenvalue weighted by molar-refractivity contribution is 8.10. The average molecular weight is 445 g/mol. The third kappa shape index (κ3) is 5.62. The van der Waals surface area contributed by atoms with Crippen molar-refractivity contribution in [1.29, 1.82) is 0 Å². The van der Waals surface area contributed by atoms with Gasteiger partial charge in [0, 0.05) is 35.6 Å². The smallest absolute Gasteiger partial charge is 0.323 e. The second-order valence-electron chi connectivity index (χ2n) is 8.16. The number of nitrogens with zero attached hydrogens (tertiary/aromatic N) is 2. The zero-order valence-electron chi connectivity index (χ0n) is 17.4. The van der Waals surface area contributed by atoms with E-state index in [1.165, 1.54) is 0 Å². The summed E-state index contributed by atoms with van der Waals surface area (Å²) in [6.45, 7) is 7.09. The predicted octanol–water partition coefficient (Wildman–Crippen LogP) is 5.12. The number of hydrogen-bond acceptors (Lipinski definition) is 4. The first-order valence-corrected chi connectivity index (χ1v) is 11.2. The predicted molar refractivity (Wildman–Crippen MR) is 124 cm³/mol. The van der Waals surface area contributed by atoms with Crippen LogP contribution in [0, 0.1) is 0 Å². The number of rotatable bonds is 7. The standard InChI is InChI=1S/C23H26F2N4OS/c1-15(31-23(2)7-8-23)16-3-4-17-13-27-21(12-18(17)11-16)28-22(30)29-9-5-19(6-10-29)26-14-20(24)25/h3-4,7-8,11-13,19-20,26H,1,5-6,9-10,14H2,2H3,(H,27,28,30). The molecule has 2 aromatic rings. The fourth-order valence-electron chi connectivity index (χ4n) is 3.62. The number of hydrogen-bond donors (Lipinski definition) is 2. The Morgan fingerprint density at radius 1 is 1.29 bits per heavy atom. The number of aromatic nitrogens is 1. The minimum Gasteiger partial charge on any atom is -0.324 e. The number of thioether (sulfide) groups is 1. The molecule has 2 N–H and O–H groups in total. The molecule has 2 heterocycles. The second-order valence-corrected chi connectivity index (χ2v) is 9.74. The Kier molecular flexibility index (Phi) is 6.29. The van der Waals surface area contributed by atoms with Gasteiger partial charge in [0.05, 0.1) is 11.3 Å². The molecular weight excluding hydrogens is 418 g/mol. The molecule has 0 unspecified atom stereocenters. The van der Waals surface area contributed by atoms with E-state index < -0.39 is 6.43 Å². The van der Waals surface area contributed by atoms with Gasteiger partial charge >= 0.3 is 6.03 Å². The molecule has 8 heteroatoms. The summed E-state index contributed by atoms with van der Waals surface area (Å²) >= 11 is 1.72. The molecule has 4 rings (SSSR count). The molecule has 5 nitrogen and oxygen atoms in total. The molecule has 0 saturated carbocycles. The summed E-state index contributed by atoms with van der Waals surface area (Å²) in [7, 11) is 0. The van der Waals surface area contributed by atoms with Gasteiger partial charge in [-0.1, -0.05) is 30.9 Å². The van der Waals surface area contributed by atoms with Crippen LogP contribution < -0.4 is 10.6 Å². The third-order valence-corrected chi connectivity index (χ3v) is 6.79. The molecule has 1 fully saturated rings. The number of urea groups is 1. The topological polar surface area (TPSA) is 57.3 Å². The second kappa shape index (κ2) is 8.96. The van der Waals surface area contributed by atoms with Crippen molar-refractivity contribution in [2.24, 2.45) is 0 Å². The number of nitrogens with one attached hydrogen (secondary N) is 2. The van der Waals surface area contributed by atoms with Crippen LogP contribution in [-0.2, 0) is 0 Å². The van der Waals surface area contributed by atoms with Crippen molar-refractivity contribution >= 4 is 39.3 Å². The molecule has 0 bridgehead atoms. The van der Waals surface area contributed by atoms with Crippen LogP contribution >= 0.6 is 11.8 Å². The van der Waals surface area contributed by atoms with Crippen LogP contribution in [0.15, 0.2) is 49.2 Å². The minimum absolute atomic E-state index is 0.0225. The number of fused-ring (bicyclic) bond motifs is 1. The SMILES string of the molecule is C=C(SC1(C)C=C1)c1ccc2cnc(NC(=O)N3CCC(NCC(F)F)CC3)cc2c1. The van der Waals surface area contributed by atoms with Crippen molar-refractivity contribution in [2.75, 3.05) is 25.0 Å². The normalized spacial score (nSPS) is 17.9. The lowest BCUT2D eigenvalue weighted by atomic mass is 10.1. The molecule has 0 spiro atoms. The lowest BCUT2D eigenvalue weighted by molar-refractivity contribution is 0.132. The van der Waals surface area contributed by atoms with E-state index in [9.17, 15) is 13.6 Å². The van der Waals surface area contributed by atoms with Crippen LogP contribution in [0.5, 0.6) is 0 Å². The van der Waals surface area contributed by atoms with E-state index >= 15 is 0 Å². The molecule has 2 aliphatic rings. The van der Waals surface area contributed by atoms with Crippen molar-refractivity contribution in [1.82, 2.24) is 15.2 Å². The summed E-state index contributed by atoms with van der Waals surface area (Å²) in [4.78, 5) is 19.7. The average Bonchev–Trinajstić information content (AvgIpc) is 3.48. The van der Waals surface area contributed by atoms with Crippen molar-refractivity contribution in [3.63, 3.8) is 0 Å². The van der Waals surface area contributed by atoms with Crippen LogP contribution in [0.25, 0.3) is 15.7 Å². The van der Waals surface area contributed by atoms with E-state index in [1.54, 1.807) is 22.9 Å². The van der Waals surface area contributed by atoms with Crippen molar-refractivity contribution < 1.29 is 13.6 Å².